The van der Waals surface area contributed by atoms with Crippen molar-refractivity contribution in [3.05, 3.63) is 30.3 Å². The van der Waals surface area contributed by atoms with Crippen molar-refractivity contribution in [2.45, 2.75) is 26.1 Å². The lowest BCUT2D eigenvalue weighted by Crippen LogP contribution is -2.39. The fourth-order valence-corrected chi connectivity index (χ4v) is 4.84. The zero-order valence-corrected chi connectivity index (χ0v) is 15.5. The van der Waals surface area contributed by atoms with E-state index in [0.717, 1.165) is 0 Å². The van der Waals surface area contributed by atoms with Gasteiger partial charge in [0, 0.05) is 0 Å². The predicted octanol–water partition coefficient (Wildman–Crippen LogP) is 4.47. The van der Waals surface area contributed by atoms with Gasteiger partial charge in [-0.3, -0.25) is 0 Å². The van der Waals surface area contributed by atoms with E-state index in [-0.39, 0.29) is 16.8 Å². The molecule has 1 unspecified atom stereocenters. The molecule has 0 amide bonds. The molecule has 1 rings (SSSR count). The molecule has 1 aromatic carbocycles. The Kier molecular flexibility index (Phi) is 6.68. The molecule has 11 heteroatoms. The van der Waals surface area contributed by atoms with Crippen LogP contribution in [0.5, 0.6) is 0 Å². The van der Waals surface area contributed by atoms with Crippen molar-refractivity contribution in [1.82, 2.24) is 3.71 Å². The Labute approximate surface area is 152 Å². The van der Waals surface area contributed by atoms with E-state index in [1.807, 2.05) is 0 Å². The summed E-state index contributed by atoms with van der Waals surface area (Å²) in [6.45, 7) is 1.28. The maximum absolute atomic E-state index is 13.6. The zero-order valence-electron chi connectivity index (χ0n) is 10.9. The average molecular weight is 426 g/mol. The van der Waals surface area contributed by atoms with Gasteiger partial charge in [-0.1, -0.05) is 64.6 Å². The lowest BCUT2D eigenvalue weighted by atomic mass is 10.4. The van der Waals surface area contributed by atoms with E-state index in [1.165, 1.54) is 31.2 Å². The van der Waals surface area contributed by atoms with Crippen molar-refractivity contribution in [3.8, 4) is 6.07 Å². The first-order valence-corrected chi connectivity index (χ1v) is 9.29. The lowest BCUT2D eigenvalue weighted by Gasteiger charge is -2.31. The van der Waals surface area contributed by atoms with Crippen LogP contribution >= 0.6 is 58.4 Å². The highest BCUT2D eigenvalue weighted by Crippen LogP contribution is 2.53. The fraction of sp³-hybridized carbons (Fsp3) is 0.364. The highest BCUT2D eigenvalue weighted by Gasteiger charge is 2.52. The molecule has 0 heterocycles. The molecule has 0 aliphatic rings. The van der Waals surface area contributed by atoms with Crippen molar-refractivity contribution >= 4 is 68.4 Å². The summed E-state index contributed by atoms with van der Waals surface area (Å²) in [5, 5.41) is 9.00. The summed E-state index contributed by atoms with van der Waals surface area (Å²) in [6.07, 6.45) is 0. The van der Waals surface area contributed by atoms with Gasteiger partial charge in [0.2, 0.25) is 3.67 Å². The van der Waals surface area contributed by atoms with Gasteiger partial charge in [-0.2, -0.15) is 5.26 Å². The van der Waals surface area contributed by atoms with E-state index >= 15 is 0 Å². The summed E-state index contributed by atoms with van der Waals surface area (Å²) in [7, 11) is -4.18. The Balaban J connectivity index is 3.30. The second kappa shape index (κ2) is 7.31. The molecule has 0 radical (unpaired) electrons. The average Bonchev–Trinajstić information content (AvgIpc) is 2.43. The molecular formula is C11H9Cl4FN2O2S2. The van der Waals surface area contributed by atoms with Crippen molar-refractivity contribution < 1.29 is 12.8 Å². The quantitative estimate of drug-likeness (QED) is 0.498. The van der Waals surface area contributed by atoms with E-state index in [2.05, 4.69) is 0 Å². The highest BCUT2D eigenvalue weighted by molar-refractivity contribution is 8.11. The van der Waals surface area contributed by atoms with Crippen LogP contribution in [0.4, 0.5) is 4.39 Å². The number of rotatable bonds is 6. The summed E-state index contributed by atoms with van der Waals surface area (Å²) < 4.78 is 33.6. The number of hydrogen-bond acceptors (Lipinski definition) is 4. The Bertz CT molecular complexity index is 659. The maximum atomic E-state index is 13.6. The van der Waals surface area contributed by atoms with E-state index in [4.69, 9.17) is 51.7 Å². The monoisotopic (exact) mass is 424 g/mol. The molecule has 1 atom stereocenters. The molecule has 1 aromatic rings. The van der Waals surface area contributed by atoms with Crippen molar-refractivity contribution in [2.24, 2.45) is 0 Å². The van der Waals surface area contributed by atoms with Crippen LogP contribution in [0.1, 0.15) is 6.92 Å². The zero-order chi connectivity index (χ0) is 17.2. The number of alkyl halides is 5. The van der Waals surface area contributed by atoms with Crippen LogP contribution in [-0.4, -0.2) is 26.4 Å². The van der Waals surface area contributed by atoms with Gasteiger partial charge >= 0.3 is 4.59 Å². The molecule has 22 heavy (non-hydrogen) atoms. The number of nitrogens with zero attached hydrogens (tertiary/aromatic N) is 2. The van der Waals surface area contributed by atoms with Gasteiger partial charge in [0.05, 0.1) is 11.0 Å². The molecule has 0 aliphatic carbocycles. The summed E-state index contributed by atoms with van der Waals surface area (Å²) in [6, 6.07) is 7.72. The third-order valence-corrected chi connectivity index (χ3v) is 7.91. The van der Waals surface area contributed by atoms with E-state index in [1.54, 1.807) is 12.1 Å². The van der Waals surface area contributed by atoms with E-state index < -0.39 is 24.3 Å². The minimum absolute atomic E-state index is 0.103. The second-order valence-corrected chi connectivity index (χ2v) is 10.2. The number of benzene rings is 1. The number of nitriles is 1. The molecule has 0 saturated heterocycles. The topological polar surface area (TPSA) is 61.2 Å². The third-order valence-electron chi connectivity index (χ3n) is 2.32. The molecule has 0 aromatic heterocycles. The van der Waals surface area contributed by atoms with Gasteiger partial charge in [-0.05, 0) is 31.0 Å². The number of halogens is 5. The molecule has 122 valence electrons. The Morgan fingerprint density at radius 2 is 1.77 bits per heavy atom. The summed E-state index contributed by atoms with van der Waals surface area (Å²) in [5.74, 6) is 0. The van der Waals surface area contributed by atoms with Crippen LogP contribution in [-0.2, 0) is 10.0 Å². The van der Waals surface area contributed by atoms with Crippen LogP contribution in [0.15, 0.2) is 35.2 Å². The molecule has 0 spiro atoms. The van der Waals surface area contributed by atoms with E-state index in [9.17, 15) is 12.8 Å². The molecule has 0 N–H and O–H groups in total. The van der Waals surface area contributed by atoms with Crippen LogP contribution in [0.2, 0.25) is 0 Å². The van der Waals surface area contributed by atoms with Crippen molar-refractivity contribution in [2.75, 3.05) is 0 Å². The first-order chi connectivity index (χ1) is 9.93. The molecular weight excluding hydrogens is 417 g/mol. The van der Waals surface area contributed by atoms with Gasteiger partial charge in [0.15, 0.2) is 0 Å². The van der Waals surface area contributed by atoms with Gasteiger partial charge in [-0.15, -0.1) is 3.71 Å². The molecule has 0 fully saturated rings. The highest BCUT2D eigenvalue weighted by atomic mass is 35.5. The number of hydrogen-bond donors (Lipinski definition) is 0. The third kappa shape index (κ3) is 4.54. The van der Waals surface area contributed by atoms with Gasteiger partial charge < -0.3 is 0 Å². The van der Waals surface area contributed by atoms with Crippen LogP contribution in [0.25, 0.3) is 0 Å². The minimum Gasteiger partial charge on any atom is -0.206 e. The van der Waals surface area contributed by atoms with Crippen molar-refractivity contribution in [1.29, 1.82) is 5.26 Å². The smallest absolute Gasteiger partial charge is 0.206 e. The Morgan fingerprint density at radius 3 is 2.18 bits per heavy atom. The number of sulfonamides is 1. The largest absolute Gasteiger partial charge is 0.301 e. The normalized spacial score (nSPS) is 14.6. The fourth-order valence-electron chi connectivity index (χ4n) is 1.24. The first-order valence-electron chi connectivity index (χ1n) is 5.56. The Morgan fingerprint density at radius 1 is 1.27 bits per heavy atom. The predicted molar refractivity (Wildman–Crippen MR) is 88.1 cm³/mol. The van der Waals surface area contributed by atoms with Gasteiger partial charge in [0.1, 0.15) is 6.04 Å². The first kappa shape index (κ1) is 20.1. The molecule has 0 bridgehead atoms. The molecule has 4 nitrogen and oxygen atoms in total. The molecule has 0 aliphatic heterocycles. The summed E-state index contributed by atoms with van der Waals surface area (Å²) in [4.78, 5) is -0.123. The van der Waals surface area contributed by atoms with Crippen LogP contribution in [0.3, 0.4) is 0 Å². The van der Waals surface area contributed by atoms with Gasteiger partial charge in [0.25, 0.3) is 10.0 Å². The SMILES string of the molecule is CC(C#N)N(SC(Cl)(Cl)C(F)(Cl)Cl)S(=O)(=O)c1ccccc1. The standard InChI is InChI=1S/C11H9Cl4FN2O2S2/c1-8(7-17)18(21-11(14,15)10(12,13)16)22(19,20)9-5-3-2-4-6-9/h2-6,8H,1H3. The van der Waals surface area contributed by atoms with Crippen LogP contribution < -0.4 is 0 Å². The minimum atomic E-state index is -4.18. The van der Waals surface area contributed by atoms with Crippen LogP contribution in [0, 0.1) is 11.3 Å². The lowest BCUT2D eigenvalue weighted by molar-refractivity contribution is 0.398. The Hall–Kier alpha value is 0.0600. The second-order valence-electron chi connectivity index (χ2n) is 3.98. The van der Waals surface area contributed by atoms with E-state index in [0.29, 0.717) is 3.71 Å². The maximum Gasteiger partial charge on any atom is 0.301 e. The summed E-state index contributed by atoms with van der Waals surface area (Å²) >= 11 is 21.9. The summed E-state index contributed by atoms with van der Waals surface area (Å²) in [5.41, 5.74) is 0. The van der Waals surface area contributed by atoms with Crippen molar-refractivity contribution in [3.63, 3.8) is 0 Å². The molecule has 0 saturated carbocycles. The van der Waals surface area contributed by atoms with Gasteiger partial charge in [-0.25, -0.2) is 12.8 Å².